The van der Waals surface area contributed by atoms with Crippen LogP contribution in [0.2, 0.25) is 0 Å². The van der Waals surface area contributed by atoms with Gasteiger partial charge in [0.1, 0.15) is 23.7 Å². The van der Waals surface area contributed by atoms with Crippen molar-refractivity contribution in [3.8, 4) is 0 Å². The lowest BCUT2D eigenvalue weighted by Gasteiger charge is -2.39. The molecule has 88 valence electrons. The predicted octanol–water partition coefficient (Wildman–Crippen LogP) is -1.97. The Hall–Kier alpha value is -0.180. The summed E-state index contributed by atoms with van der Waals surface area (Å²) in [6.07, 6.45) is -3.12. The van der Waals surface area contributed by atoms with E-state index in [2.05, 4.69) is 0 Å². The van der Waals surface area contributed by atoms with Crippen molar-refractivity contribution >= 4 is 16.9 Å². The minimum atomic E-state index is -1.13. The summed E-state index contributed by atoms with van der Waals surface area (Å²) in [6.45, 7) is 0.932. The second-order valence-electron chi connectivity index (χ2n) is 3.39. The number of hydrogen-bond acceptors (Lipinski definition) is 7. The van der Waals surface area contributed by atoms with Gasteiger partial charge in [-0.2, -0.15) is 0 Å². The van der Waals surface area contributed by atoms with Crippen LogP contribution in [0.15, 0.2) is 0 Å². The molecule has 1 aliphatic rings. The third-order valence-corrected chi connectivity index (χ3v) is 3.17. The Morgan fingerprint density at radius 2 is 2.07 bits per heavy atom. The molecule has 0 spiro atoms. The van der Waals surface area contributed by atoms with E-state index in [0.29, 0.717) is 0 Å². The summed E-state index contributed by atoms with van der Waals surface area (Å²) >= 11 is 0.795. The lowest BCUT2D eigenvalue weighted by molar-refractivity contribution is -0.160. The first-order valence-electron chi connectivity index (χ1n) is 4.52. The number of carbonyl (C=O) groups excluding carboxylic acids is 1. The Morgan fingerprint density at radius 3 is 2.53 bits per heavy atom. The van der Waals surface area contributed by atoms with Crippen LogP contribution in [0.3, 0.4) is 0 Å². The standard InChI is InChI=1S/C8H15NO5S/c1-3(11)15-8-7(13)5(9)6(12)4(2-10)14-8/h4-8,10,12-13H,2,9H2,1H3. The summed E-state index contributed by atoms with van der Waals surface area (Å²) in [6, 6.07) is -0.923. The molecule has 5 atom stereocenters. The molecule has 0 bridgehead atoms. The number of nitrogens with two attached hydrogens (primary N) is 1. The van der Waals surface area contributed by atoms with E-state index >= 15 is 0 Å². The maximum absolute atomic E-state index is 10.8. The lowest BCUT2D eigenvalue weighted by Crippen LogP contribution is -2.61. The molecule has 15 heavy (non-hydrogen) atoms. The van der Waals surface area contributed by atoms with Crippen molar-refractivity contribution in [3.05, 3.63) is 0 Å². The van der Waals surface area contributed by atoms with Gasteiger partial charge in [-0.1, -0.05) is 11.8 Å². The van der Waals surface area contributed by atoms with Crippen LogP contribution in [-0.4, -0.2) is 56.8 Å². The topological polar surface area (TPSA) is 113 Å². The van der Waals surface area contributed by atoms with Crippen molar-refractivity contribution in [2.75, 3.05) is 6.61 Å². The quantitative estimate of drug-likeness (QED) is 0.440. The zero-order chi connectivity index (χ0) is 11.6. The molecule has 7 heteroatoms. The minimum absolute atomic E-state index is 0.223. The highest BCUT2D eigenvalue weighted by Gasteiger charge is 2.42. The average Bonchev–Trinajstić information content (AvgIpc) is 2.18. The van der Waals surface area contributed by atoms with Gasteiger partial charge in [-0.15, -0.1) is 0 Å². The van der Waals surface area contributed by atoms with Crippen molar-refractivity contribution in [2.24, 2.45) is 5.73 Å². The fraction of sp³-hybridized carbons (Fsp3) is 0.875. The van der Waals surface area contributed by atoms with Crippen LogP contribution in [0.5, 0.6) is 0 Å². The van der Waals surface area contributed by atoms with Gasteiger partial charge in [0.2, 0.25) is 0 Å². The van der Waals surface area contributed by atoms with Gasteiger partial charge < -0.3 is 25.8 Å². The number of aliphatic hydroxyl groups is 3. The van der Waals surface area contributed by atoms with Crippen LogP contribution in [0, 0.1) is 0 Å². The van der Waals surface area contributed by atoms with E-state index < -0.39 is 36.4 Å². The minimum Gasteiger partial charge on any atom is -0.394 e. The molecule has 0 saturated carbocycles. The summed E-state index contributed by atoms with van der Waals surface area (Å²) in [4.78, 5) is 10.8. The van der Waals surface area contributed by atoms with E-state index in [9.17, 15) is 15.0 Å². The maximum atomic E-state index is 10.8. The molecular weight excluding hydrogens is 222 g/mol. The van der Waals surface area contributed by atoms with Gasteiger partial charge in [0.25, 0.3) is 0 Å². The molecule has 0 amide bonds. The molecule has 0 aromatic carbocycles. The monoisotopic (exact) mass is 237 g/mol. The maximum Gasteiger partial charge on any atom is 0.188 e. The Balaban J connectivity index is 2.69. The fourth-order valence-corrected chi connectivity index (χ4v) is 2.22. The van der Waals surface area contributed by atoms with Crippen LogP contribution in [0.25, 0.3) is 0 Å². The number of carbonyl (C=O) groups is 1. The number of aliphatic hydroxyl groups excluding tert-OH is 3. The van der Waals surface area contributed by atoms with Gasteiger partial charge in [-0.3, -0.25) is 4.79 Å². The van der Waals surface area contributed by atoms with E-state index in [0.717, 1.165) is 11.8 Å². The predicted molar refractivity (Wildman–Crippen MR) is 54.0 cm³/mol. The first-order chi connectivity index (χ1) is 6.97. The van der Waals surface area contributed by atoms with Crippen LogP contribution in [-0.2, 0) is 9.53 Å². The number of ether oxygens (including phenoxy) is 1. The highest BCUT2D eigenvalue weighted by Crippen LogP contribution is 2.27. The number of thioether (sulfide) groups is 1. The van der Waals surface area contributed by atoms with Gasteiger partial charge in [-0.05, 0) is 0 Å². The normalized spacial score (nSPS) is 41.5. The molecule has 0 radical (unpaired) electrons. The first-order valence-corrected chi connectivity index (χ1v) is 5.40. The molecule has 5 N–H and O–H groups in total. The van der Waals surface area contributed by atoms with E-state index in [1.807, 2.05) is 0 Å². The van der Waals surface area contributed by atoms with Crippen LogP contribution in [0.4, 0.5) is 0 Å². The largest absolute Gasteiger partial charge is 0.394 e. The number of hydrogen-bond donors (Lipinski definition) is 4. The molecule has 0 aromatic heterocycles. The Morgan fingerprint density at radius 1 is 1.47 bits per heavy atom. The van der Waals surface area contributed by atoms with Gasteiger partial charge in [0.15, 0.2) is 5.12 Å². The van der Waals surface area contributed by atoms with Gasteiger partial charge in [0.05, 0.1) is 12.6 Å². The molecule has 1 aliphatic heterocycles. The molecule has 1 heterocycles. The van der Waals surface area contributed by atoms with Crippen LogP contribution < -0.4 is 5.73 Å². The molecule has 1 rings (SSSR count). The van der Waals surface area contributed by atoms with E-state index in [1.165, 1.54) is 6.92 Å². The fourth-order valence-electron chi connectivity index (χ4n) is 1.38. The van der Waals surface area contributed by atoms with E-state index in [4.69, 9.17) is 15.6 Å². The smallest absolute Gasteiger partial charge is 0.188 e. The van der Waals surface area contributed by atoms with E-state index in [1.54, 1.807) is 0 Å². The van der Waals surface area contributed by atoms with Crippen molar-refractivity contribution in [3.63, 3.8) is 0 Å². The van der Waals surface area contributed by atoms with Crippen molar-refractivity contribution in [1.29, 1.82) is 0 Å². The summed E-state index contributed by atoms with van der Waals surface area (Å²) in [5, 5.41) is 27.8. The van der Waals surface area contributed by atoms with Gasteiger partial charge in [-0.25, -0.2) is 0 Å². The average molecular weight is 237 g/mol. The van der Waals surface area contributed by atoms with Crippen molar-refractivity contribution in [2.45, 2.75) is 36.7 Å². The molecule has 6 nitrogen and oxygen atoms in total. The molecule has 1 saturated heterocycles. The highest BCUT2D eigenvalue weighted by molar-refractivity contribution is 8.14. The first kappa shape index (κ1) is 12.9. The molecule has 0 aliphatic carbocycles. The third kappa shape index (κ3) is 2.90. The van der Waals surface area contributed by atoms with Gasteiger partial charge >= 0.3 is 0 Å². The summed E-state index contributed by atoms with van der Waals surface area (Å²) in [5.74, 6) is 0. The molecule has 5 unspecified atom stereocenters. The van der Waals surface area contributed by atoms with Crippen LogP contribution in [0.1, 0.15) is 6.92 Å². The zero-order valence-corrected chi connectivity index (χ0v) is 9.05. The SMILES string of the molecule is CC(=O)SC1OC(CO)C(O)C(N)C1O. The Labute approximate surface area is 91.4 Å². The van der Waals surface area contributed by atoms with Crippen molar-refractivity contribution in [1.82, 2.24) is 0 Å². The second kappa shape index (κ2) is 5.24. The Bertz CT molecular complexity index is 237. The molecule has 0 aromatic rings. The summed E-state index contributed by atoms with van der Waals surface area (Å²) in [5.41, 5.74) is 4.70. The number of rotatable bonds is 2. The van der Waals surface area contributed by atoms with Gasteiger partial charge in [0, 0.05) is 6.92 Å². The highest BCUT2D eigenvalue weighted by atomic mass is 32.2. The summed E-state index contributed by atoms with van der Waals surface area (Å²) in [7, 11) is 0. The lowest BCUT2D eigenvalue weighted by atomic mass is 9.98. The summed E-state index contributed by atoms with van der Waals surface area (Å²) < 4.78 is 5.15. The Kier molecular flexibility index (Phi) is 4.50. The molecule has 1 fully saturated rings. The van der Waals surface area contributed by atoms with Crippen LogP contribution >= 0.6 is 11.8 Å². The van der Waals surface area contributed by atoms with E-state index in [-0.39, 0.29) is 5.12 Å². The molecular formula is C8H15NO5S. The second-order valence-corrected chi connectivity index (χ2v) is 4.67. The van der Waals surface area contributed by atoms with Crippen molar-refractivity contribution < 1.29 is 24.9 Å². The third-order valence-electron chi connectivity index (χ3n) is 2.22. The zero-order valence-electron chi connectivity index (χ0n) is 8.24.